The molecule has 7 nitrogen and oxygen atoms in total. The first kappa shape index (κ1) is 30.2. The Morgan fingerprint density at radius 3 is 2.15 bits per heavy atom. The Hall–Kier alpha value is -2.78. The maximum absolute atomic E-state index is 14.0. The maximum Gasteiger partial charge on any atom is 0.264 e. The molecule has 1 aliphatic carbocycles. The first-order valence-electron chi connectivity index (χ1n) is 12.9. The Labute approximate surface area is 250 Å². The van der Waals surface area contributed by atoms with E-state index < -0.39 is 28.5 Å². The van der Waals surface area contributed by atoms with Crippen LogP contribution in [0, 0.1) is 0 Å². The van der Waals surface area contributed by atoms with Crippen LogP contribution in [-0.4, -0.2) is 43.8 Å². The number of nitrogens with one attached hydrogen (secondary N) is 1. The van der Waals surface area contributed by atoms with Gasteiger partial charge in [0.15, 0.2) is 0 Å². The minimum Gasteiger partial charge on any atom is -0.352 e. The lowest BCUT2D eigenvalue weighted by atomic mass is 10.1. The van der Waals surface area contributed by atoms with Gasteiger partial charge in [-0.2, -0.15) is 0 Å². The van der Waals surface area contributed by atoms with Gasteiger partial charge in [0.05, 0.1) is 10.6 Å². The minimum atomic E-state index is -4.22. The fourth-order valence-corrected chi connectivity index (χ4v) is 6.85. The van der Waals surface area contributed by atoms with Crippen LogP contribution in [0.25, 0.3) is 0 Å². The zero-order valence-electron chi connectivity index (χ0n) is 21.9. The van der Waals surface area contributed by atoms with Gasteiger partial charge in [0.2, 0.25) is 11.8 Å². The number of benzene rings is 3. The number of hydrogen-bond acceptors (Lipinski definition) is 4. The molecule has 0 aliphatic heterocycles. The van der Waals surface area contributed by atoms with Crippen molar-refractivity contribution >= 4 is 62.3 Å². The highest BCUT2D eigenvalue weighted by molar-refractivity contribution is 7.92. The summed E-state index contributed by atoms with van der Waals surface area (Å²) in [5.41, 5.74) is 0.747. The summed E-state index contributed by atoms with van der Waals surface area (Å²) < 4.78 is 28.6. The largest absolute Gasteiger partial charge is 0.352 e. The molecular weight excluding hydrogens is 593 g/mol. The van der Waals surface area contributed by atoms with Gasteiger partial charge in [0.1, 0.15) is 12.6 Å². The molecule has 40 heavy (non-hydrogen) atoms. The Morgan fingerprint density at radius 1 is 0.925 bits per heavy atom. The summed E-state index contributed by atoms with van der Waals surface area (Å²) in [4.78, 5) is 28.6. The Kier molecular flexibility index (Phi) is 10.0. The SMILES string of the molecule is CC(C(=O)NC1CCCC1)N(Cc1ccccc1Cl)C(=O)CN(c1cc(Cl)cc(Cl)c1)S(=O)(=O)c1ccccc1. The number of anilines is 1. The van der Waals surface area contributed by atoms with Crippen molar-refractivity contribution < 1.29 is 18.0 Å². The van der Waals surface area contributed by atoms with Crippen molar-refractivity contribution in [3.8, 4) is 0 Å². The molecule has 1 saturated carbocycles. The molecule has 11 heteroatoms. The molecule has 1 atom stereocenters. The molecular formula is C29H30Cl3N3O4S. The zero-order chi connectivity index (χ0) is 28.9. The molecule has 0 bridgehead atoms. The molecule has 1 fully saturated rings. The van der Waals surface area contributed by atoms with Gasteiger partial charge in [0, 0.05) is 27.7 Å². The van der Waals surface area contributed by atoms with E-state index in [0.29, 0.717) is 10.6 Å². The highest BCUT2D eigenvalue weighted by Gasteiger charge is 2.33. The van der Waals surface area contributed by atoms with Crippen molar-refractivity contribution in [2.24, 2.45) is 0 Å². The molecule has 0 saturated heterocycles. The fourth-order valence-electron chi connectivity index (χ4n) is 4.72. The van der Waals surface area contributed by atoms with Gasteiger partial charge in [-0.15, -0.1) is 0 Å². The van der Waals surface area contributed by atoms with Crippen molar-refractivity contribution in [3.63, 3.8) is 0 Å². The second kappa shape index (κ2) is 13.3. The third-order valence-electron chi connectivity index (χ3n) is 6.91. The average molecular weight is 623 g/mol. The second-order valence-electron chi connectivity index (χ2n) is 9.73. The molecule has 2 amide bonds. The lowest BCUT2D eigenvalue weighted by Gasteiger charge is -2.32. The van der Waals surface area contributed by atoms with E-state index in [1.807, 2.05) is 0 Å². The van der Waals surface area contributed by atoms with E-state index in [4.69, 9.17) is 34.8 Å². The van der Waals surface area contributed by atoms with Crippen LogP contribution in [0.3, 0.4) is 0 Å². The number of halogens is 3. The Balaban J connectivity index is 1.71. The zero-order valence-corrected chi connectivity index (χ0v) is 25.0. The van der Waals surface area contributed by atoms with Crippen molar-refractivity contribution in [2.45, 2.75) is 56.1 Å². The molecule has 4 rings (SSSR count). The van der Waals surface area contributed by atoms with Crippen LogP contribution in [-0.2, 0) is 26.2 Å². The predicted octanol–water partition coefficient (Wildman–Crippen LogP) is 6.32. The van der Waals surface area contributed by atoms with Gasteiger partial charge in [-0.05, 0) is 61.7 Å². The molecule has 0 heterocycles. The third kappa shape index (κ3) is 7.29. The van der Waals surface area contributed by atoms with Crippen LogP contribution >= 0.6 is 34.8 Å². The molecule has 0 radical (unpaired) electrons. The lowest BCUT2D eigenvalue weighted by molar-refractivity contribution is -0.139. The topological polar surface area (TPSA) is 86.8 Å². The maximum atomic E-state index is 14.0. The van der Waals surface area contributed by atoms with Gasteiger partial charge in [-0.25, -0.2) is 8.42 Å². The van der Waals surface area contributed by atoms with E-state index >= 15 is 0 Å². The smallest absolute Gasteiger partial charge is 0.264 e. The van der Waals surface area contributed by atoms with Gasteiger partial charge in [0.25, 0.3) is 10.0 Å². The molecule has 1 unspecified atom stereocenters. The summed E-state index contributed by atoms with van der Waals surface area (Å²) in [7, 11) is -4.22. The van der Waals surface area contributed by atoms with Crippen molar-refractivity contribution in [1.82, 2.24) is 10.2 Å². The van der Waals surface area contributed by atoms with Gasteiger partial charge in [-0.3, -0.25) is 13.9 Å². The summed E-state index contributed by atoms with van der Waals surface area (Å²) in [5, 5.41) is 3.89. The van der Waals surface area contributed by atoms with E-state index in [1.54, 1.807) is 49.4 Å². The highest BCUT2D eigenvalue weighted by atomic mass is 35.5. The van der Waals surface area contributed by atoms with Crippen molar-refractivity contribution in [1.29, 1.82) is 0 Å². The van der Waals surface area contributed by atoms with Gasteiger partial charge in [-0.1, -0.05) is 84.0 Å². The summed E-state index contributed by atoms with van der Waals surface area (Å²) in [5.74, 6) is -0.903. The third-order valence-corrected chi connectivity index (χ3v) is 9.51. The first-order chi connectivity index (χ1) is 19.1. The lowest BCUT2D eigenvalue weighted by Crippen LogP contribution is -2.52. The molecule has 212 valence electrons. The molecule has 1 N–H and O–H groups in total. The van der Waals surface area contributed by atoms with E-state index in [-0.39, 0.29) is 39.1 Å². The van der Waals surface area contributed by atoms with Crippen molar-refractivity contribution in [2.75, 3.05) is 10.8 Å². The Morgan fingerprint density at radius 2 is 1.52 bits per heavy atom. The van der Waals surface area contributed by atoms with Crippen LogP contribution in [0.1, 0.15) is 38.2 Å². The normalized spacial score (nSPS) is 14.5. The number of nitrogens with zero attached hydrogens (tertiary/aromatic N) is 2. The van der Waals surface area contributed by atoms with E-state index in [2.05, 4.69) is 5.32 Å². The summed E-state index contributed by atoms with van der Waals surface area (Å²) in [6.07, 6.45) is 3.84. The van der Waals surface area contributed by atoms with Gasteiger partial charge < -0.3 is 10.2 Å². The van der Waals surface area contributed by atoms with E-state index in [9.17, 15) is 18.0 Å². The van der Waals surface area contributed by atoms with Crippen LogP contribution < -0.4 is 9.62 Å². The second-order valence-corrected chi connectivity index (χ2v) is 12.9. The van der Waals surface area contributed by atoms with Crippen molar-refractivity contribution in [3.05, 3.63) is 93.4 Å². The number of sulfonamides is 1. The monoisotopic (exact) mass is 621 g/mol. The standard InChI is InChI=1S/C29H30Cl3N3O4S/c1-20(29(37)33-24-10-6-7-11-24)34(18-21-9-5-8-14-27(21)32)28(36)19-35(25-16-22(30)15-23(31)17-25)40(38,39)26-12-3-2-4-13-26/h2-5,8-9,12-17,20,24H,6-7,10-11,18-19H2,1H3,(H,33,37). The molecule has 0 spiro atoms. The fraction of sp³-hybridized carbons (Fsp3) is 0.310. The van der Waals surface area contributed by atoms with E-state index in [0.717, 1.165) is 30.0 Å². The number of hydrogen-bond donors (Lipinski definition) is 1. The molecule has 1 aliphatic rings. The van der Waals surface area contributed by atoms with Crippen LogP contribution in [0.2, 0.25) is 15.1 Å². The molecule has 0 aromatic heterocycles. The van der Waals surface area contributed by atoms with E-state index in [1.165, 1.54) is 35.2 Å². The highest BCUT2D eigenvalue weighted by Crippen LogP contribution is 2.30. The predicted molar refractivity (Wildman–Crippen MR) is 159 cm³/mol. The van der Waals surface area contributed by atoms with Crippen LogP contribution in [0.15, 0.2) is 77.7 Å². The summed E-state index contributed by atoms with van der Waals surface area (Å²) in [6, 6.07) is 18.3. The number of amides is 2. The van der Waals surface area contributed by atoms with Crippen LogP contribution in [0.5, 0.6) is 0 Å². The average Bonchev–Trinajstić information content (AvgIpc) is 3.43. The quantitative estimate of drug-likeness (QED) is 0.287. The minimum absolute atomic E-state index is 0.00723. The van der Waals surface area contributed by atoms with Crippen LogP contribution in [0.4, 0.5) is 5.69 Å². The first-order valence-corrected chi connectivity index (χ1v) is 15.5. The molecule has 3 aromatic rings. The summed E-state index contributed by atoms with van der Waals surface area (Å²) in [6.45, 7) is 1.04. The number of carbonyl (C=O) groups is 2. The molecule has 3 aromatic carbocycles. The number of carbonyl (C=O) groups excluding carboxylic acids is 2. The summed E-state index contributed by atoms with van der Waals surface area (Å²) >= 11 is 18.8. The van der Waals surface area contributed by atoms with Gasteiger partial charge >= 0.3 is 0 Å². The Bertz CT molecular complexity index is 1440. The number of rotatable bonds is 10.